The quantitative estimate of drug-likeness (QED) is 0.140. The van der Waals surface area contributed by atoms with E-state index in [4.69, 9.17) is 0 Å². The molecule has 0 aromatic heterocycles. The third-order valence-electron chi connectivity index (χ3n) is 5.51. The maximum Gasteiger partial charge on any atom is 0.140 e. The fraction of sp³-hybridized carbons (Fsp3) is 0.920. The van der Waals surface area contributed by atoms with Crippen LogP contribution in [0.5, 0.6) is 0 Å². The second-order valence-corrected chi connectivity index (χ2v) is 8.53. The third-order valence-corrected chi connectivity index (χ3v) is 5.51. The average molecular weight is 381 g/mol. The van der Waals surface area contributed by atoms with E-state index in [1.165, 1.54) is 116 Å². The predicted octanol–water partition coefficient (Wildman–Crippen LogP) is 8.36. The zero-order valence-electron chi connectivity index (χ0n) is 18.7. The van der Waals surface area contributed by atoms with E-state index in [1.807, 2.05) is 0 Å². The van der Waals surface area contributed by atoms with Crippen LogP contribution in [0.4, 0.5) is 0 Å². The fourth-order valence-electron chi connectivity index (χ4n) is 3.77. The van der Waals surface area contributed by atoms with Gasteiger partial charge in [0.1, 0.15) is 11.6 Å². The van der Waals surface area contributed by atoms with Crippen LogP contribution in [0.25, 0.3) is 0 Å². The summed E-state index contributed by atoms with van der Waals surface area (Å²) in [4.78, 5) is 22.2. The number of hydrogen-bond donors (Lipinski definition) is 0. The molecule has 2 heteroatoms. The van der Waals surface area contributed by atoms with Gasteiger partial charge in [-0.05, 0) is 13.3 Å². The molecule has 0 radical (unpaired) electrons. The molecule has 0 atom stereocenters. The van der Waals surface area contributed by atoms with Crippen molar-refractivity contribution in [2.45, 2.75) is 149 Å². The Labute approximate surface area is 170 Å². The number of carbonyl (C=O) groups excluding carboxylic acids is 2. The van der Waals surface area contributed by atoms with Crippen molar-refractivity contribution in [3.8, 4) is 0 Å². The molecule has 0 rings (SSSR count). The topological polar surface area (TPSA) is 34.1 Å². The Morgan fingerprint density at radius 1 is 0.481 bits per heavy atom. The van der Waals surface area contributed by atoms with Gasteiger partial charge in [0, 0.05) is 6.42 Å². The van der Waals surface area contributed by atoms with Crippen molar-refractivity contribution in [2.75, 3.05) is 0 Å². The molecular formula is C25H48O2. The lowest BCUT2D eigenvalue weighted by molar-refractivity contribution is -0.125. The first-order valence-electron chi connectivity index (χ1n) is 12.2. The summed E-state index contributed by atoms with van der Waals surface area (Å²) in [7, 11) is 0. The minimum Gasteiger partial charge on any atom is -0.300 e. The van der Waals surface area contributed by atoms with Crippen LogP contribution in [-0.4, -0.2) is 11.6 Å². The summed E-state index contributed by atoms with van der Waals surface area (Å²) in [6.45, 7) is 3.78. The van der Waals surface area contributed by atoms with Gasteiger partial charge in [-0.1, -0.05) is 122 Å². The van der Waals surface area contributed by atoms with Crippen molar-refractivity contribution in [1.82, 2.24) is 0 Å². The smallest absolute Gasteiger partial charge is 0.140 e. The van der Waals surface area contributed by atoms with E-state index >= 15 is 0 Å². The predicted molar refractivity (Wildman–Crippen MR) is 118 cm³/mol. The van der Waals surface area contributed by atoms with Crippen LogP contribution in [0.1, 0.15) is 149 Å². The van der Waals surface area contributed by atoms with Gasteiger partial charge < -0.3 is 0 Å². The van der Waals surface area contributed by atoms with Gasteiger partial charge in [0.05, 0.1) is 6.42 Å². The number of hydrogen-bond acceptors (Lipinski definition) is 2. The molecule has 0 unspecified atom stereocenters. The summed E-state index contributed by atoms with van der Waals surface area (Å²) < 4.78 is 0. The third kappa shape index (κ3) is 23.3. The number of Topliss-reactive ketones (excluding diaryl/α,β-unsaturated/α-hetero) is 2. The molecule has 0 saturated heterocycles. The fourth-order valence-corrected chi connectivity index (χ4v) is 3.77. The van der Waals surface area contributed by atoms with Gasteiger partial charge >= 0.3 is 0 Å². The summed E-state index contributed by atoms with van der Waals surface area (Å²) >= 11 is 0. The van der Waals surface area contributed by atoms with E-state index in [-0.39, 0.29) is 18.0 Å². The SMILES string of the molecule is CCCCCCCCCCCCCCCCCCCCCC(=O)CC(C)=O. The number of rotatable bonds is 22. The maximum absolute atomic E-state index is 11.4. The molecule has 2 nitrogen and oxygen atoms in total. The van der Waals surface area contributed by atoms with E-state index in [9.17, 15) is 9.59 Å². The zero-order chi connectivity index (χ0) is 20.0. The maximum atomic E-state index is 11.4. The second-order valence-electron chi connectivity index (χ2n) is 8.53. The Morgan fingerprint density at radius 3 is 1.07 bits per heavy atom. The average Bonchev–Trinajstić information content (AvgIpc) is 2.63. The molecule has 0 aliphatic carbocycles. The monoisotopic (exact) mass is 380 g/mol. The molecule has 0 spiro atoms. The van der Waals surface area contributed by atoms with Gasteiger partial charge in [0.25, 0.3) is 0 Å². The molecule has 0 saturated carbocycles. The van der Waals surface area contributed by atoms with E-state index in [2.05, 4.69) is 6.92 Å². The molecule has 0 heterocycles. The minimum absolute atomic E-state index is 0.00203. The summed E-state index contributed by atoms with van der Waals surface area (Å²) in [6, 6.07) is 0. The standard InChI is InChI=1S/C25H48O2/c1-3-4-5-6-7-8-9-10-11-12-13-14-15-16-17-18-19-20-21-22-25(27)23-24(2)26/h3-23H2,1-2H3. The molecule has 0 fully saturated rings. The van der Waals surface area contributed by atoms with Crippen LogP contribution in [-0.2, 0) is 9.59 Å². The van der Waals surface area contributed by atoms with Crippen molar-refractivity contribution < 1.29 is 9.59 Å². The summed E-state index contributed by atoms with van der Waals surface area (Å²) in [5.41, 5.74) is 0. The molecule has 0 N–H and O–H groups in total. The summed E-state index contributed by atoms with van der Waals surface area (Å²) in [5.74, 6) is 0.118. The lowest BCUT2D eigenvalue weighted by Gasteiger charge is -2.04. The molecular weight excluding hydrogens is 332 g/mol. The Morgan fingerprint density at radius 2 is 0.778 bits per heavy atom. The van der Waals surface area contributed by atoms with Crippen LogP contribution in [0.2, 0.25) is 0 Å². The van der Waals surface area contributed by atoms with Crippen LogP contribution >= 0.6 is 0 Å². The summed E-state index contributed by atoms with van der Waals surface area (Å²) in [5, 5.41) is 0. The van der Waals surface area contributed by atoms with Crippen LogP contribution in [0, 0.1) is 0 Å². The van der Waals surface area contributed by atoms with Crippen LogP contribution in [0.3, 0.4) is 0 Å². The number of ketones is 2. The Hall–Kier alpha value is -0.660. The first kappa shape index (κ1) is 26.3. The highest BCUT2D eigenvalue weighted by Gasteiger charge is 2.04. The van der Waals surface area contributed by atoms with Crippen molar-refractivity contribution >= 4 is 11.6 Å². The number of carbonyl (C=O) groups is 2. The molecule has 0 aromatic carbocycles. The molecule has 0 bridgehead atoms. The Kier molecular flexibility index (Phi) is 21.1. The highest BCUT2D eigenvalue weighted by atomic mass is 16.1. The van der Waals surface area contributed by atoms with Crippen molar-refractivity contribution in [3.63, 3.8) is 0 Å². The molecule has 0 amide bonds. The van der Waals surface area contributed by atoms with E-state index < -0.39 is 0 Å². The lowest BCUT2D eigenvalue weighted by Crippen LogP contribution is -2.03. The highest BCUT2D eigenvalue weighted by Crippen LogP contribution is 2.14. The van der Waals surface area contributed by atoms with E-state index in [0.29, 0.717) is 6.42 Å². The van der Waals surface area contributed by atoms with Crippen molar-refractivity contribution in [3.05, 3.63) is 0 Å². The van der Waals surface area contributed by atoms with Gasteiger partial charge in [0.15, 0.2) is 0 Å². The van der Waals surface area contributed by atoms with E-state index in [0.717, 1.165) is 12.8 Å². The lowest BCUT2D eigenvalue weighted by atomic mass is 10.0. The Balaban J connectivity index is 3.07. The van der Waals surface area contributed by atoms with Crippen molar-refractivity contribution in [1.29, 1.82) is 0 Å². The minimum atomic E-state index is -0.00203. The van der Waals surface area contributed by atoms with Gasteiger partial charge in [0.2, 0.25) is 0 Å². The molecule has 0 aromatic rings. The van der Waals surface area contributed by atoms with Crippen LogP contribution < -0.4 is 0 Å². The first-order valence-corrected chi connectivity index (χ1v) is 12.2. The van der Waals surface area contributed by atoms with Gasteiger partial charge in [-0.25, -0.2) is 0 Å². The largest absolute Gasteiger partial charge is 0.300 e. The van der Waals surface area contributed by atoms with Gasteiger partial charge in [-0.3, -0.25) is 9.59 Å². The Bertz CT molecular complexity index is 335. The normalized spacial score (nSPS) is 11.0. The number of unbranched alkanes of at least 4 members (excludes halogenated alkanes) is 18. The van der Waals surface area contributed by atoms with Crippen molar-refractivity contribution in [2.24, 2.45) is 0 Å². The highest BCUT2D eigenvalue weighted by molar-refractivity contribution is 5.97. The molecule has 0 aliphatic rings. The zero-order valence-corrected chi connectivity index (χ0v) is 18.7. The van der Waals surface area contributed by atoms with Crippen LogP contribution in [0.15, 0.2) is 0 Å². The molecule has 27 heavy (non-hydrogen) atoms. The van der Waals surface area contributed by atoms with Gasteiger partial charge in [-0.2, -0.15) is 0 Å². The molecule has 160 valence electrons. The second kappa shape index (κ2) is 21.6. The van der Waals surface area contributed by atoms with E-state index in [1.54, 1.807) is 0 Å². The summed E-state index contributed by atoms with van der Waals surface area (Å²) in [6.07, 6.45) is 26.7. The first-order chi connectivity index (χ1) is 13.2. The molecule has 0 aliphatic heterocycles. The van der Waals surface area contributed by atoms with Gasteiger partial charge in [-0.15, -0.1) is 0 Å².